The topological polar surface area (TPSA) is 9.23 Å². The van der Waals surface area contributed by atoms with Crippen LogP contribution in [0.5, 0.6) is 0 Å². The van der Waals surface area contributed by atoms with E-state index in [4.69, 9.17) is 4.74 Å². The van der Waals surface area contributed by atoms with Gasteiger partial charge >= 0.3 is 0 Å². The molecule has 1 saturated carbocycles. The SMILES string of the molecule is CO[C@H]1[C@@H](C)[C@H](C)CC[C@@H]1F. The van der Waals surface area contributed by atoms with Gasteiger partial charge in [-0.25, -0.2) is 4.39 Å². The zero-order valence-electron chi connectivity index (χ0n) is 7.51. The van der Waals surface area contributed by atoms with Gasteiger partial charge in [-0.15, -0.1) is 0 Å². The minimum absolute atomic E-state index is 0.168. The number of alkyl halides is 1. The molecule has 0 spiro atoms. The first-order valence-electron chi connectivity index (χ1n) is 4.33. The molecule has 0 aliphatic heterocycles. The molecule has 1 nitrogen and oxygen atoms in total. The average molecular weight is 160 g/mol. The molecule has 0 unspecified atom stereocenters. The van der Waals surface area contributed by atoms with E-state index in [1.807, 2.05) is 0 Å². The van der Waals surface area contributed by atoms with Crippen molar-refractivity contribution in [1.29, 1.82) is 0 Å². The van der Waals surface area contributed by atoms with E-state index in [-0.39, 0.29) is 6.10 Å². The number of methoxy groups -OCH3 is 1. The summed E-state index contributed by atoms with van der Waals surface area (Å²) < 4.78 is 18.3. The molecular weight excluding hydrogens is 143 g/mol. The zero-order chi connectivity index (χ0) is 8.43. The maximum atomic E-state index is 13.1. The van der Waals surface area contributed by atoms with E-state index in [9.17, 15) is 4.39 Å². The van der Waals surface area contributed by atoms with E-state index in [2.05, 4.69) is 13.8 Å². The van der Waals surface area contributed by atoms with Gasteiger partial charge in [-0.2, -0.15) is 0 Å². The Hall–Kier alpha value is -0.110. The van der Waals surface area contributed by atoms with Gasteiger partial charge in [0.2, 0.25) is 0 Å². The van der Waals surface area contributed by atoms with Crippen LogP contribution in [0.15, 0.2) is 0 Å². The molecular formula is C9H17FO. The third-order valence-electron chi connectivity index (χ3n) is 2.94. The smallest absolute Gasteiger partial charge is 0.126 e. The van der Waals surface area contributed by atoms with Crippen molar-refractivity contribution >= 4 is 0 Å². The summed E-state index contributed by atoms with van der Waals surface area (Å²) in [7, 11) is 1.60. The lowest BCUT2D eigenvalue weighted by molar-refractivity contribution is -0.0473. The van der Waals surface area contributed by atoms with E-state index in [0.717, 1.165) is 6.42 Å². The zero-order valence-corrected chi connectivity index (χ0v) is 7.51. The van der Waals surface area contributed by atoms with Gasteiger partial charge in [0.1, 0.15) is 6.17 Å². The van der Waals surface area contributed by atoms with Gasteiger partial charge in [-0.3, -0.25) is 0 Å². The predicted octanol–water partition coefficient (Wildman–Crippen LogP) is 2.41. The van der Waals surface area contributed by atoms with Crippen molar-refractivity contribution in [3.05, 3.63) is 0 Å². The summed E-state index contributed by atoms with van der Waals surface area (Å²) in [4.78, 5) is 0. The first-order chi connectivity index (χ1) is 5.16. The fraction of sp³-hybridized carbons (Fsp3) is 1.00. The van der Waals surface area contributed by atoms with E-state index in [0.29, 0.717) is 18.3 Å². The first-order valence-corrected chi connectivity index (χ1v) is 4.33. The van der Waals surface area contributed by atoms with E-state index < -0.39 is 6.17 Å². The summed E-state index contributed by atoms with van der Waals surface area (Å²) in [6.45, 7) is 4.24. The van der Waals surface area contributed by atoms with E-state index >= 15 is 0 Å². The van der Waals surface area contributed by atoms with E-state index in [1.165, 1.54) is 0 Å². The van der Waals surface area contributed by atoms with Crippen molar-refractivity contribution in [3.8, 4) is 0 Å². The van der Waals surface area contributed by atoms with Crippen molar-refractivity contribution in [2.24, 2.45) is 11.8 Å². The molecule has 4 atom stereocenters. The molecule has 0 aromatic heterocycles. The van der Waals surface area contributed by atoms with Crippen molar-refractivity contribution in [3.63, 3.8) is 0 Å². The molecule has 1 fully saturated rings. The summed E-state index contributed by atoms with van der Waals surface area (Å²) in [5, 5.41) is 0. The number of hydrogen-bond acceptors (Lipinski definition) is 1. The summed E-state index contributed by atoms with van der Waals surface area (Å²) in [6.07, 6.45) is 0.761. The molecule has 0 N–H and O–H groups in total. The largest absolute Gasteiger partial charge is 0.378 e. The van der Waals surface area contributed by atoms with Crippen LogP contribution in [0.3, 0.4) is 0 Å². The number of rotatable bonds is 1. The molecule has 0 amide bonds. The Morgan fingerprint density at radius 2 is 1.91 bits per heavy atom. The molecule has 0 aromatic rings. The molecule has 0 heterocycles. The van der Waals surface area contributed by atoms with Crippen LogP contribution in [-0.2, 0) is 4.74 Å². The van der Waals surface area contributed by atoms with Crippen molar-refractivity contribution < 1.29 is 9.13 Å². The Balaban J connectivity index is 2.55. The third-order valence-corrected chi connectivity index (χ3v) is 2.94. The van der Waals surface area contributed by atoms with Crippen molar-refractivity contribution in [2.75, 3.05) is 7.11 Å². The molecule has 0 radical (unpaired) electrons. The normalized spacial score (nSPS) is 45.8. The highest BCUT2D eigenvalue weighted by molar-refractivity contribution is 4.84. The standard InChI is InChI=1S/C9H17FO/c1-6-4-5-8(10)9(11-3)7(6)2/h6-9H,4-5H2,1-3H3/t6-,7+,8+,9+/m1/s1. The highest BCUT2D eigenvalue weighted by Gasteiger charge is 2.34. The lowest BCUT2D eigenvalue weighted by Gasteiger charge is -2.35. The first kappa shape index (κ1) is 8.98. The Kier molecular flexibility index (Phi) is 2.88. The maximum Gasteiger partial charge on any atom is 0.126 e. The second-order valence-electron chi connectivity index (χ2n) is 3.63. The second-order valence-corrected chi connectivity index (χ2v) is 3.63. The monoisotopic (exact) mass is 160 g/mol. The van der Waals surface area contributed by atoms with Gasteiger partial charge < -0.3 is 4.74 Å². The number of hydrogen-bond donors (Lipinski definition) is 0. The van der Waals surface area contributed by atoms with Crippen LogP contribution in [0.1, 0.15) is 26.7 Å². The van der Waals surface area contributed by atoms with Gasteiger partial charge in [0.25, 0.3) is 0 Å². The van der Waals surface area contributed by atoms with Crippen molar-refractivity contribution in [2.45, 2.75) is 39.0 Å². The van der Waals surface area contributed by atoms with Gasteiger partial charge in [0.05, 0.1) is 6.10 Å². The van der Waals surface area contributed by atoms with Crippen LogP contribution in [0.25, 0.3) is 0 Å². The van der Waals surface area contributed by atoms with Crippen LogP contribution in [-0.4, -0.2) is 19.4 Å². The van der Waals surface area contributed by atoms with Crippen LogP contribution >= 0.6 is 0 Å². The van der Waals surface area contributed by atoms with Crippen LogP contribution in [0.4, 0.5) is 4.39 Å². The van der Waals surface area contributed by atoms with Crippen molar-refractivity contribution in [1.82, 2.24) is 0 Å². The Bertz CT molecular complexity index is 127. The molecule has 0 bridgehead atoms. The molecule has 1 aliphatic rings. The second kappa shape index (κ2) is 3.53. The summed E-state index contributed by atoms with van der Waals surface area (Å²) in [6, 6.07) is 0. The Morgan fingerprint density at radius 3 is 2.36 bits per heavy atom. The quantitative estimate of drug-likeness (QED) is 0.572. The predicted molar refractivity (Wildman–Crippen MR) is 43.3 cm³/mol. The molecule has 66 valence electrons. The Labute approximate surface area is 67.9 Å². The van der Waals surface area contributed by atoms with Crippen LogP contribution in [0.2, 0.25) is 0 Å². The summed E-state index contributed by atoms with van der Waals surface area (Å²) in [5.41, 5.74) is 0. The molecule has 0 saturated heterocycles. The Morgan fingerprint density at radius 1 is 1.27 bits per heavy atom. The highest BCUT2D eigenvalue weighted by Crippen LogP contribution is 2.32. The van der Waals surface area contributed by atoms with Gasteiger partial charge in [-0.05, 0) is 24.7 Å². The summed E-state index contributed by atoms with van der Waals surface area (Å²) in [5.74, 6) is 0.968. The molecule has 0 aromatic carbocycles. The van der Waals surface area contributed by atoms with E-state index in [1.54, 1.807) is 7.11 Å². The van der Waals surface area contributed by atoms with Crippen LogP contribution in [0, 0.1) is 11.8 Å². The fourth-order valence-electron chi connectivity index (χ4n) is 1.86. The molecule has 2 heteroatoms. The molecule has 11 heavy (non-hydrogen) atoms. The highest BCUT2D eigenvalue weighted by atomic mass is 19.1. The lowest BCUT2D eigenvalue weighted by Crippen LogP contribution is -2.39. The average Bonchev–Trinajstić information content (AvgIpc) is 1.99. The minimum Gasteiger partial charge on any atom is -0.378 e. The molecule has 1 rings (SSSR count). The minimum atomic E-state index is -0.744. The van der Waals surface area contributed by atoms with Crippen LogP contribution < -0.4 is 0 Å². The lowest BCUT2D eigenvalue weighted by atomic mass is 9.78. The molecule has 1 aliphatic carbocycles. The third kappa shape index (κ3) is 1.73. The maximum absolute atomic E-state index is 13.1. The van der Waals surface area contributed by atoms with Gasteiger partial charge in [-0.1, -0.05) is 13.8 Å². The summed E-state index contributed by atoms with van der Waals surface area (Å²) >= 11 is 0. The number of halogens is 1. The van der Waals surface area contributed by atoms with Gasteiger partial charge in [0.15, 0.2) is 0 Å². The van der Waals surface area contributed by atoms with Gasteiger partial charge in [0, 0.05) is 7.11 Å². The fourth-order valence-corrected chi connectivity index (χ4v) is 1.86. The number of ether oxygens (including phenoxy) is 1.